The van der Waals surface area contributed by atoms with Crippen LogP contribution in [-0.2, 0) is 23.7 Å². The van der Waals surface area contributed by atoms with E-state index in [9.17, 15) is 14.4 Å². The topological polar surface area (TPSA) is 88.1 Å². The SMILES string of the molecule is C[C@@H]1CC[C@@H]2[C@](C)(COC(=O)c3ccccc3)[C@@H](OC(=O)c3ccccc3)CC[C@]2(C)[C@@]12C[C@@]1(COC(=O)C1)CO2. The zero-order chi connectivity index (χ0) is 28.9. The van der Waals surface area contributed by atoms with Gasteiger partial charge < -0.3 is 18.9 Å². The summed E-state index contributed by atoms with van der Waals surface area (Å²) in [6.45, 7) is 7.75. The van der Waals surface area contributed by atoms with E-state index >= 15 is 0 Å². The van der Waals surface area contributed by atoms with Crippen LogP contribution < -0.4 is 0 Å². The minimum Gasteiger partial charge on any atom is -0.465 e. The number of fused-ring (bicyclic) bond motifs is 2. The Hall–Kier alpha value is -3.19. The molecule has 2 saturated heterocycles. The summed E-state index contributed by atoms with van der Waals surface area (Å²) in [5, 5.41) is 0. The average molecular weight is 561 g/mol. The first kappa shape index (κ1) is 28.0. The van der Waals surface area contributed by atoms with E-state index in [1.165, 1.54) is 0 Å². The molecule has 2 aliphatic heterocycles. The third-order valence-corrected chi connectivity index (χ3v) is 11.0. The van der Waals surface area contributed by atoms with Gasteiger partial charge >= 0.3 is 17.9 Å². The number of cyclic esters (lactones) is 1. The lowest BCUT2D eigenvalue weighted by molar-refractivity contribution is -0.242. The van der Waals surface area contributed by atoms with Gasteiger partial charge in [0.1, 0.15) is 12.7 Å². The second-order valence-electron chi connectivity index (χ2n) is 13.4. The highest BCUT2D eigenvalue weighted by Gasteiger charge is 2.70. The van der Waals surface area contributed by atoms with E-state index in [-0.39, 0.29) is 41.3 Å². The molecule has 2 heterocycles. The minimum absolute atomic E-state index is 0.0604. The Morgan fingerprint density at radius 3 is 2.20 bits per heavy atom. The van der Waals surface area contributed by atoms with Crippen LogP contribution in [0.2, 0.25) is 0 Å². The van der Waals surface area contributed by atoms with Gasteiger partial charge in [-0.05, 0) is 68.2 Å². The van der Waals surface area contributed by atoms with Crippen LogP contribution in [0.4, 0.5) is 0 Å². The molecule has 0 aromatic heterocycles. The molecule has 2 aromatic carbocycles. The van der Waals surface area contributed by atoms with Crippen molar-refractivity contribution in [3.05, 3.63) is 71.8 Å². The van der Waals surface area contributed by atoms with Crippen molar-refractivity contribution in [2.45, 2.75) is 71.0 Å². The lowest BCUT2D eigenvalue weighted by Crippen LogP contribution is -2.66. The van der Waals surface area contributed by atoms with Gasteiger partial charge in [0.15, 0.2) is 0 Å². The van der Waals surface area contributed by atoms with E-state index in [1.807, 2.05) is 36.4 Å². The summed E-state index contributed by atoms with van der Waals surface area (Å²) in [5.41, 5.74) is -0.649. The van der Waals surface area contributed by atoms with Crippen LogP contribution in [0.25, 0.3) is 0 Å². The Balaban J connectivity index is 1.33. The maximum Gasteiger partial charge on any atom is 0.338 e. The van der Waals surface area contributed by atoms with Crippen LogP contribution >= 0.6 is 0 Å². The molecule has 218 valence electrons. The quantitative estimate of drug-likeness (QED) is 0.327. The van der Waals surface area contributed by atoms with Crippen molar-refractivity contribution in [1.82, 2.24) is 0 Å². The smallest absolute Gasteiger partial charge is 0.338 e. The molecule has 7 atom stereocenters. The number of carbonyl (C=O) groups is 3. The molecule has 2 saturated carbocycles. The monoisotopic (exact) mass is 560 g/mol. The molecule has 0 amide bonds. The second kappa shape index (κ2) is 10.3. The van der Waals surface area contributed by atoms with Crippen LogP contribution in [0.5, 0.6) is 0 Å². The molecule has 2 aliphatic carbocycles. The van der Waals surface area contributed by atoms with Crippen LogP contribution in [0.15, 0.2) is 60.7 Å². The van der Waals surface area contributed by atoms with Crippen molar-refractivity contribution in [1.29, 1.82) is 0 Å². The predicted molar refractivity (Wildman–Crippen MR) is 151 cm³/mol. The number of esters is 3. The Morgan fingerprint density at radius 2 is 1.56 bits per heavy atom. The number of benzene rings is 2. The van der Waals surface area contributed by atoms with Gasteiger partial charge in [0, 0.05) is 16.2 Å². The maximum absolute atomic E-state index is 13.3. The van der Waals surface area contributed by atoms with Gasteiger partial charge in [-0.1, -0.05) is 57.2 Å². The van der Waals surface area contributed by atoms with E-state index in [0.717, 1.165) is 25.7 Å². The van der Waals surface area contributed by atoms with E-state index in [2.05, 4.69) is 20.8 Å². The molecule has 2 aromatic rings. The van der Waals surface area contributed by atoms with Crippen molar-refractivity contribution >= 4 is 17.9 Å². The second-order valence-corrected chi connectivity index (χ2v) is 13.4. The van der Waals surface area contributed by atoms with E-state index in [4.69, 9.17) is 18.9 Å². The molecular weight excluding hydrogens is 520 g/mol. The van der Waals surface area contributed by atoms with Crippen molar-refractivity contribution in [2.75, 3.05) is 19.8 Å². The molecule has 41 heavy (non-hydrogen) atoms. The van der Waals surface area contributed by atoms with E-state index < -0.39 is 17.1 Å². The summed E-state index contributed by atoms with van der Waals surface area (Å²) < 4.78 is 24.6. The van der Waals surface area contributed by atoms with Gasteiger partial charge in [0.05, 0.1) is 36.4 Å². The molecule has 4 aliphatic rings. The Labute approximate surface area is 241 Å². The third kappa shape index (κ3) is 4.57. The Kier molecular flexibility index (Phi) is 7.00. The van der Waals surface area contributed by atoms with Crippen LogP contribution in [0.3, 0.4) is 0 Å². The number of hydrogen-bond acceptors (Lipinski definition) is 7. The molecule has 0 unspecified atom stereocenters. The number of carbonyl (C=O) groups excluding carboxylic acids is 3. The molecule has 4 fully saturated rings. The van der Waals surface area contributed by atoms with E-state index in [1.54, 1.807) is 24.3 Å². The fourth-order valence-corrected chi connectivity index (χ4v) is 8.76. The highest BCUT2D eigenvalue weighted by atomic mass is 16.6. The zero-order valence-corrected chi connectivity index (χ0v) is 24.2. The lowest BCUT2D eigenvalue weighted by Gasteiger charge is -2.65. The van der Waals surface area contributed by atoms with Crippen molar-refractivity contribution in [3.63, 3.8) is 0 Å². The first-order valence-corrected chi connectivity index (χ1v) is 14.9. The predicted octanol–water partition coefficient (Wildman–Crippen LogP) is 6.01. The summed E-state index contributed by atoms with van der Waals surface area (Å²) in [4.78, 5) is 38.6. The fraction of sp³-hybridized carbons (Fsp3) is 0.559. The molecular formula is C34H40O7. The largest absolute Gasteiger partial charge is 0.465 e. The van der Waals surface area contributed by atoms with Gasteiger partial charge in [-0.2, -0.15) is 0 Å². The lowest BCUT2D eigenvalue weighted by atomic mass is 9.43. The first-order chi connectivity index (χ1) is 19.6. The average Bonchev–Trinajstić information content (AvgIpc) is 3.55. The summed E-state index contributed by atoms with van der Waals surface area (Å²) in [5.74, 6) is -0.547. The Morgan fingerprint density at radius 1 is 0.902 bits per heavy atom. The number of hydrogen-bond donors (Lipinski definition) is 0. The maximum atomic E-state index is 13.3. The normalized spacial score (nSPS) is 37.9. The molecule has 6 rings (SSSR count). The van der Waals surface area contributed by atoms with E-state index in [0.29, 0.717) is 43.1 Å². The summed E-state index contributed by atoms with van der Waals surface area (Å²) >= 11 is 0. The molecule has 0 radical (unpaired) electrons. The zero-order valence-electron chi connectivity index (χ0n) is 24.2. The van der Waals surface area contributed by atoms with Gasteiger partial charge in [-0.3, -0.25) is 4.79 Å². The van der Waals surface area contributed by atoms with Gasteiger partial charge in [-0.15, -0.1) is 0 Å². The molecule has 7 heteroatoms. The van der Waals surface area contributed by atoms with Crippen molar-refractivity contribution in [2.24, 2.45) is 28.1 Å². The molecule has 0 bridgehead atoms. The molecule has 7 nitrogen and oxygen atoms in total. The summed E-state index contributed by atoms with van der Waals surface area (Å²) in [6.07, 6.45) is 4.01. The summed E-state index contributed by atoms with van der Waals surface area (Å²) in [6, 6.07) is 18.0. The van der Waals surface area contributed by atoms with Gasteiger partial charge in [0.25, 0.3) is 0 Å². The minimum atomic E-state index is -0.643. The molecule has 0 N–H and O–H groups in total. The van der Waals surface area contributed by atoms with Gasteiger partial charge in [-0.25, -0.2) is 9.59 Å². The highest BCUT2D eigenvalue weighted by molar-refractivity contribution is 5.90. The fourth-order valence-electron chi connectivity index (χ4n) is 8.76. The van der Waals surface area contributed by atoms with Crippen molar-refractivity contribution < 1.29 is 33.3 Å². The van der Waals surface area contributed by atoms with Crippen molar-refractivity contribution in [3.8, 4) is 0 Å². The van der Waals surface area contributed by atoms with Crippen LogP contribution in [-0.4, -0.2) is 49.4 Å². The number of ether oxygens (including phenoxy) is 4. The highest BCUT2D eigenvalue weighted by Crippen LogP contribution is 2.69. The molecule has 2 spiro atoms. The summed E-state index contributed by atoms with van der Waals surface area (Å²) in [7, 11) is 0. The Bertz CT molecular complexity index is 1310. The first-order valence-electron chi connectivity index (χ1n) is 14.9. The van der Waals surface area contributed by atoms with Crippen LogP contribution in [0.1, 0.15) is 80.0 Å². The number of rotatable bonds is 5. The third-order valence-electron chi connectivity index (χ3n) is 11.0. The van der Waals surface area contributed by atoms with Crippen LogP contribution in [0, 0.1) is 28.1 Å². The standard InChI is InChI=1S/C34H40O7/c1-23-14-15-26-31(2,20-39-29(36)24-10-6-4-7-11-24)27(41-30(37)25-12-8-5-9-13-25)16-17-32(26,3)34(23)19-33(22-40-34)18-28(35)38-21-33/h4-13,23,26-27H,14-22H2,1-3H3/t23-,26-,27+,31+,32+,33+,34-/m1/s1. The van der Waals surface area contributed by atoms with Gasteiger partial charge in [0.2, 0.25) is 0 Å².